The predicted octanol–water partition coefficient (Wildman–Crippen LogP) is 3.15. The van der Waals surface area contributed by atoms with Crippen LogP contribution < -0.4 is 5.43 Å². The summed E-state index contributed by atoms with van der Waals surface area (Å²) in [6.45, 7) is -0.00715. The summed E-state index contributed by atoms with van der Waals surface area (Å²) in [7, 11) is 2.64. The van der Waals surface area contributed by atoms with Crippen molar-refractivity contribution in [3.63, 3.8) is 0 Å². The molecule has 31 heavy (non-hydrogen) atoms. The van der Waals surface area contributed by atoms with Gasteiger partial charge in [0.05, 0.1) is 25.0 Å². The SMILES string of the molecule is COCc1cc(=O)c(O)c(C(CC(=O)OC)c2ccc(-c3ccc(C(=O)O)cc3)o2)o1. The summed E-state index contributed by atoms with van der Waals surface area (Å²) in [4.78, 5) is 35.2. The fraction of sp³-hybridized carbons (Fsp3) is 0.227. The average Bonchev–Trinajstić information content (AvgIpc) is 3.24. The number of ether oxygens (including phenoxy) is 2. The molecule has 3 aromatic rings. The molecule has 0 aliphatic carbocycles. The fourth-order valence-electron chi connectivity index (χ4n) is 3.05. The minimum Gasteiger partial charge on any atom is -0.502 e. The zero-order chi connectivity index (χ0) is 22.5. The molecule has 0 amide bonds. The van der Waals surface area contributed by atoms with Gasteiger partial charge in [0.25, 0.3) is 0 Å². The van der Waals surface area contributed by atoms with Crippen LogP contribution >= 0.6 is 0 Å². The average molecular weight is 428 g/mol. The number of carboxylic acid groups (broad SMARTS) is 1. The van der Waals surface area contributed by atoms with Crippen LogP contribution in [0.2, 0.25) is 0 Å². The van der Waals surface area contributed by atoms with E-state index < -0.39 is 29.0 Å². The first-order chi connectivity index (χ1) is 14.8. The van der Waals surface area contributed by atoms with Crippen LogP contribution in [-0.4, -0.2) is 36.4 Å². The quantitative estimate of drug-likeness (QED) is 0.518. The summed E-state index contributed by atoms with van der Waals surface area (Å²) >= 11 is 0. The molecule has 0 saturated carbocycles. The normalized spacial score (nSPS) is 11.8. The van der Waals surface area contributed by atoms with E-state index in [1.54, 1.807) is 24.3 Å². The molecule has 2 N–H and O–H groups in total. The van der Waals surface area contributed by atoms with E-state index in [4.69, 9.17) is 23.4 Å². The highest BCUT2D eigenvalue weighted by molar-refractivity contribution is 5.88. The molecule has 0 aliphatic heterocycles. The summed E-state index contributed by atoms with van der Waals surface area (Å²) in [5.74, 6) is -2.56. The summed E-state index contributed by atoms with van der Waals surface area (Å²) < 4.78 is 21.2. The minimum atomic E-state index is -1.05. The number of esters is 1. The molecule has 9 heteroatoms. The van der Waals surface area contributed by atoms with Crippen molar-refractivity contribution in [2.75, 3.05) is 14.2 Å². The lowest BCUT2D eigenvalue weighted by Crippen LogP contribution is -2.13. The Hall–Kier alpha value is -3.85. The smallest absolute Gasteiger partial charge is 0.335 e. The van der Waals surface area contributed by atoms with Gasteiger partial charge in [0.2, 0.25) is 11.2 Å². The van der Waals surface area contributed by atoms with E-state index in [1.807, 2.05) is 0 Å². The number of benzene rings is 1. The highest BCUT2D eigenvalue weighted by atomic mass is 16.5. The second-order valence-electron chi connectivity index (χ2n) is 6.64. The lowest BCUT2D eigenvalue weighted by Gasteiger charge is -2.15. The molecule has 1 aromatic carbocycles. The monoisotopic (exact) mass is 428 g/mol. The van der Waals surface area contributed by atoms with Gasteiger partial charge in [-0.05, 0) is 24.3 Å². The van der Waals surface area contributed by atoms with Gasteiger partial charge in [0.15, 0.2) is 5.76 Å². The molecule has 0 radical (unpaired) electrons. The maximum atomic E-state index is 12.2. The van der Waals surface area contributed by atoms with Gasteiger partial charge in [-0.25, -0.2) is 4.79 Å². The Morgan fingerprint density at radius 1 is 1.06 bits per heavy atom. The highest BCUT2D eigenvalue weighted by Gasteiger charge is 2.29. The molecular weight excluding hydrogens is 408 g/mol. The van der Waals surface area contributed by atoms with Crippen molar-refractivity contribution in [1.29, 1.82) is 0 Å². The molecule has 0 bridgehead atoms. The number of carbonyl (C=O) groups excluding carboxylic acids is 1. The van der Waals surface area contributed by atoms with E-state index in [-0.39, 0.29) is 35.9 Å². The molecule has 0 fully saturated rings. The third kappa shape index (κ3) is 4.84. The van der Waals surface area contributed by atoms with E-state index >= 15 is 0 Å². The number of aromatic carboxylic acids is 1. The Labute approximate surface area is 176 Å². The van der Waals surface area contributed by atoms with Crippen molar-refractivity contribution in [2.45, 2.75) is 18.9 Å². The Balaban J connectivity index is 2.04. The molecule has 1 atom stereocenters. The van der Waals surface area contributed by atoms with Gasteiger partial charge in [-0.1, -0.05) is 12.1 Å². The zero-order valence-corrected chi connectivity index (χ0v) is 16.8. The number of methoxy groups -OCH3 is 2. The van der Waals surface area contributed by atoms with E-state index in [0.29, 0.717) is 11.3 Å². The molecule has 0 spiro atoms. The van der Waals surface area contributed by atoms with Crippen LogP contribution in [0.4, 0.5) is 0 Å². The van der Waals surface area contributed by atoms with Crippen molar-refractivity contribution < 1.29 is 38.1 Å². The Kier molecular flexibility index (Phi) is 6.56. The van der Waals surface area contributed by atoms with Crippen molar-refractivity contribution in [1.82, 2.24) is 0 Å². The van der Waals surface area contributed by atoms with Gasteiger partial charge >= 0.3 is 11.9 Å². The molecule has 2 heterocycles. The molecule has 0 aliphatic rings. The Morgan fingerprint density at radius 3 is 2.39 bits per heavy atom. The van der Waals surface area contributed by atoms with Crippen molar-refractivity contribution >= 4 is 11.9 Å². The third-order valence-corrected chi connectivity index (χ3v) is 4.59. The van der Waals surface area contributed by atoms with E-state index in [9.17, 15) is 19.5 Å². The topological polar surface area (TPSA) is 136 Å². The zero-order valence-electron chi connectivity index (χ0n) is 16.8. The first-order valence-corrected chi connectivity index (χ1v) is 9.19. The van der Waals surface area contributed by atoms with Crippen LogP contribution in [-0.2, 0) is 20.9 Å². The number of carboxylic acids is 1. The van der Waals surface area contributed by atoms with Crippen LogP contribution in [0.25, 0.3) is 11.3 Å². The fourth-order valence-corrected chi connectivity index (χ4v) is 3.05. The maximum Gasteiger partial charge on any atom is 0.335 e. The van der Waals surface area contributed by atoms with Crippen molar-refractivity contribution in [3.05, 3.63) is 75.5 Å². The Bertz CT molecular complexity index is 1140. The maximum absolute atomic E-state index is 12.2. The molecule has 9 nitrogen and oxygen atoms in total. The predicted molar refractivity (Wildman–Crippen MR) is 107 cm³/mol. The van der Waals surface area contributed by atoms with E-state index in [1.165, 1.54) is 26.4 Å². The number of hydrogen-bond donors (Lipinski definition) is 2. The van der Waals surface area contributed by atoms with E-state index in [0.717, 1.165) is 6.07 Å². The van der Waals surface area contributed by atoms with Crippen LogP contribution in [0.5, 0.6) is 5.75 Å². The summed E-state index contributed by atoms with van der Waals surface area (Å²) in [5.41, 5.74) is 0.0480. The highest BCUT2D eigenvalue weighted by Crippen LogP contribution is 2.36. The van der Waals surface area contributed by atoms with Crippen molar-refractivity contribution in [2.24, 2.45) is 0 Å². The first kappa shape index (κ1) is 21.8. The first-order valence-electron chi connectivity index (χ1n) is 9.19. The molecule has 0 saturated heterocycles. The van der Waals surface area contributed by atoms with E-state index in [2.05, 4.69) is 0 Å². The van der Waals surface area contributed by atoms with Gasteiger partial charge in [-0.2, -0.15) is 0 Å². The number of rotatable bonds is 8. The summed E-state index contributed by atoms with van der Waals surface area (Å²) in [6.07, 6.45) is -0.256. The van der Waals surface area contributed by atoms with Crippen LogP contribution in [0.3, 0.4) is 0 Å². The number of carbonyl (C=O) groups is 2. The van der Waals surface area contributed by atoms with Crippen LogP contribution in [0, 0.1) is 0 Å². The summed E-state index contributed by atoms with van der Waals surface area (Å²) in [5, 5.41) is 19.3. The molecular formula is C22H20O9. The van der Waals surface area contributed by atoms with Gasteiger partial charge < -0.3 is 28.5 Å². The van der Waals surface area contributed by atoms with Crippen LogP contribution in [0.1, 0.15) is 40.0 Å². The standard InChI is InChI=1S/C22H20O9/c1-28-11-14-9-16(23)20(25)21(30-14)15(10-19(24)29-2)18-8-7-17(31-18)12-3-5-13(6-4-12)22(26)27/h3-9,15,25H,10-11H2,1-2H3,(H,26,27). The summed E-state index contributed by atoms with van der Waals surface area (Å²) in [6, 6.07) is 10.3. The Morgan fingerprint density at radius 2 is 1.77 bits per heavy atom. The minimum absolute atomic E-state index is 0.00715. The number of hydrogen-bond acceptors (Lipinski definition) is 8. The second kappa shape index (κ2) is 9.31. The second-order valence-corrected chi connectivity index (χ2v) is 6.64. The molecule has 3 rings (SSSR count). The van der Waals surface area contributed by atoms with Crippen molar-refractivity contribution in [3.8, 4) is 17.1 Å². The van der Waals surface area contributed by atoms with Crippen LogP contribution in [0.15, 0.2) is 56.1 Å². The largest absolute Gasteiger partial charge is 0.502 e. The van der Waals surface area contributed by atoms with Gasteiger partial charge in [-0.15, -0.1) is 0 Å². The van der Waals surface area contributed by atoms with Gasteiger partial charge in [-0.3, -0.25) is 9.59 Å². The molecule has 2 aromatic heterocycles. The van der Waals surface area contributed by atoms with Gasteiger partial charge in [0, 0.05) is 18.7 Å². The third-order valence-electron chi connectivity index (χ3n) is 4.59. The lowest BCUT2D eigenvalue weighted by molar-refractivity contribution is -0.141. The molecule has 162 valence electrons. The number of furan rings is 1. The molecule has 1 unspecified atom stereocenters. The lowest BCUT2D eigenvalue weighted by atomic mass is 9.98. The number of aromatic hydroxyl groups is 1. The van der Waals surface area contributed by atoms with Gasteiger partial charge in [0.1, 0.15) is 23.9 Å².